The lowest BCUT2D eigenvalue weighted by molar-refractivity contribution is 0.0911. The molecule has 3 aliphatic rings. The molecule has 3 aromatic carbocycles. The Bertz CT molecular complexity index is 1070. The van der Waals surface area contributed by atoms with Gasteiger partial charge in [0.05, 0.1) is 5.69 Å². The third kappa shape index (κ3) is 2.69. The Kier molecular flexibility index (Phi) is 3.69. The van der Waals surface area contributed by atoms with Gasteiger partial charge in [-0.25, -0.2) is 0 Å². The summed E-state index contributed by atoms with van der Waals surface area (Å²) in [6.07, 6.45) is 0.850. The summed E-state index contributed by atoms with van der Waals surface area (Å²) in [7, 11) is 0. The van der Waals surface area contributed by atoms with Crippen LogP contribution in [0.4, 0.5) is 5.69 Å². The van der Waals surface area contributed by atoms with Gasteiger partial charge in [-0.15, -0.1) is 11.8 Å². The Labute approximate surface area is 167 Å². The lowest BCUT2D eigenvalue weighted by Gasteiger charge is -2.26. The molecule has 0 saturated carbocycles. The molecule has 4 nitrogen and oxygen atoms in total. The van der Waals surface area contributed by atoms with E-state index in [2.05, 4.69) is 41.7 Å². The summed E-state index contributed by atoms with van der Waals surface area (Å²) >= 11 is 1.93. The van der Waals surface area contributed by atoms with Crippen LogP contribution in [0.5, 0.6) is 17.2 Å². The number of fused-ring (bicyclic) bond motifs is 3. The van der Waals surface area contributed by atoms with E-state index >= 15 is 0 Å². The van der Waals surface area contributed by atoms with E-state index in [0.29, 0.717) is 6.61 Å². The second kappa shape index (κ2) is 6.38. The van der Waals surface area contributed by atoms with Crippen molar-refractivity contribution in [2.45, 2.75) is 23.6 Å². The molecule has 3 aromatic rings. The van der Waals surface area contributed by atoms with Crippen LogP contribution in [0, 0.1) is 0 Å². The number of benzene rings is 3. The maximum absolute atomic E-state index is 6.24. The van der Waals surface area contributed by atoms with Crippen molar-refractivity contribution in [3.05, 3.63) is 77.4 Å². The summed E-state index contributed by atoms with van der Waals surface area (Å²) in [5.74, 6) is 3.62. The molecule has 0 fully saturated rings. The molecule has 6 rings (SSSR count). The van der Waals surface area contributed by atoms with Crippen LogP contribution in [-0.4, -0.2) is 12.4 Å². The zero-order valence-electron chi connectivity index (χ0n) is 15.2. The van der Waals surface area contributed by atoms with Gasteiger partial charge < -0.3 is 19.5 Å². The molecule has 2 atom stereocenters. The molecule has 0 bridgehead atoms. The van der Waals surface area contributed by atoms with Gasteiger partial charge >= 0.3 is 0 Å². The fraction of sp³-hybridized carbons (Fsp3) is 0.217. The Hall–Kier alpha value is -2.79. The molecule has 0 radical (unpaired) electrons. The molecule has 0 aliphatic carbocycles. The molecule has 5 heteroatoms. The van der Waals surface area contributed by atoms with Crippen molar-refractivity contribution in [1.29, 1.82) is 0 Å². The molecule has 0 amide bonds. The summed E-state index contributed by atoms with van der Waals surface area (Å²) in [5, 5.41) is 3.49. The van der Waals surface area contributed by atoms with Crippen molar-refractivity contribution in [3.8, 4) is 17.2 Å². The van der Waals surface area contributed by atoms with E-state index < -0.39 is 0 Å². The minimum Gasteiger partial charge on any atom is -0.485 e. The molecule has 0 spiro atoms. The first-order valence-electron chi connectivity index (χ1n) is 9.55. The van der Waals surface area contributed by atoms with Crippen LogP contribution in [0.3, 0.4) is 0 Å². The fourth-order valence-corrected chi connectivity index (χ4v) is 5.01. The zero-order valence-corrected chi connectivity index (χ0v) is 16.0. The largest absolute Gasteiger partial charge is 0.485 e. The first-order valence-corrected chi connectivity index (χ1v) is 10.5. The number of aryl methyl sites for hydroxylation is 1. The second-order valence-electron chi connectivity index (χ2n) is 7.23. The van der Waals surface area contributed by atoms with Gasteiger partial charge in [0.2, 0.25) is 0 Å². The van der Waals surface area contributed by atoms with Gasteiger partial charge in [0.25, 0.3) is 0 Å². The molecular formula is C23H19NO3S. The number of anilines is 1. The van der Waals surface area contributed by atoms with Crippen molar-refractivity contribution in [2.24, 2.45) is 0 Å². The SMILES string of the molecule is c1ccc2c(c1)OCC(c1ccc3c(c1)OC(c1ccc4c(c1)CCS4)N3)O2. The van der Waals surface area contributed by atoms with Crippen LogP contribution in [0.1, 0.15) is 29.0 Å². The molecule has 0 saturated heterocycles. The minimum atomic E-state index is -0.148. The van der Waals surface area contributed by atoms with Crippen molar-refractivity contribution in [3.63, 3.8) is 0 Å². The fourth-order valence-electron chi connectivity index (χ4n) is 3.96. The first kappa shape index (κ1) is 16.2. The van der Waals surface area contributed by atoms with Crippen LogP contribution < -0.4 is 19.5 Å². The van der Waals surface area contributed by atoms with Crippen LogP contribution in [0.15, 0.2) is 65.6 Å². The van der Waals surface area contributed by atoms with Crippen LogP contribution in [0.25, 0.3) is 0 Å². The Balaban J connectivity index is 1.24. The summed E-state index contributed by atoms with van der Waals surface area (Å²) in [4.78, 5) is 1.40. The summed E-state index contributed by atoms with van der Waals surface area (Å²) in [5.41, 5.74) is 4.67. The summed E-state index contributed by atoms with van der Waals surface area (Å²) in [6.45, 7) is 0.495. The monoisotopic (exact) mass is 389 g/mol. The number of ether oxygens (including phenoxy) is 3. The first-order chi connectivity index (χ1) is 13.8. The topological polar surface area (TPSA) is 39.7 Å². The van der Waals surface area contributed by atoms with Crippen molar-refractivity contribution in [2.75, 3.05) is 17.7 Å². The smallest absolute Gasteiger partial charge is 0.196 e. The molecule has 3 heterocycles. The maximum atomic E-state index is 6.24. The number of hydrogen-bond acceptors (Lipinski definition) is 5. The minimum absolute atomic E-state index is 0.139. The highest BCUT2D eigenvalue weighted by atomic mass is 32.2. The van der Waals surface area contributed by atoms with Crippen molar-refractivity contribution < 1.29 is 14.2 Å². The number of rotatable bonds is 2. The van der Waals surface area contributed by atoms with Crippen molar-refractivity contribution >= 4 is 17.4 Å². The van der Waals surface area contributed by atoms with Gasteiger partial charge in [-0.05, 0) is 53.9 Å². The Morgan fingerprint density at radius 3 is 2.71 bits per heavy atom. The van der Waals surface area contributed by atoms with Crippen LogP contribution >= 0.6 is 11.8 Å². The molecule has 140 valence electrons. The van der Waals surface area contributed by atoms with E-state index in [-0.39, 0.29) is 12.3 Å². The van der Waals surface area contributed by atoms with E-state index in [1.807, 2.05) is 36.0 Å². The van der Waals surface area contributed by atoms with E-state index in [1.54, 1.807) is 0 Å². The van der Waals surface area contributed by atoms with Crippen molar-refractivity contribution in [1.82, 2.24) is 0 Å². The molecule has 3 aliphatic heterocycles. The third-order valence-electron chi connectivity index (χ3n) is 5.43. The normalized spacial score (nSPS) is 21.4. The molecule has 0 aromatic heterocycles. The second-order valence-corrected chi connectivity index (χ2v) is 8.36. The molecular weight excluding hydrogens is 370 g/mol. The molecule has 28 heavy (non-hydrogen) atoms. The average Bonchev–Trinajstić information content (AvgIpc) is 3.39. The van der Waals surface area contributed by atoms with Gasteiger partial charge in [0.1, 0.15) is 12.4 Å². The van der Waals surface area contributed by atoms with Gasteiger partial charge in [-0.2, -0.15) is 0 Å². The zero-order chi connectivity index (χ0) is 18.5. The van der Waals surface area contributed by atoms with Gasteiger partial charge in [0, 0.05) is 16.2 Å². The van der Waals surface area contributed by atoms with Gasteiger partial charge in [0.15, 0.2) is 23.8 Å². The maximum Gasteiger partial charge on any atom is 0.196 e. The van der Waals surface area contributed by atoms with E-state index in [1.165, 1.54) is 21.8 Å². The van der Waals surface area contributed by atoms with Crippen LogP contribution in [-0.2, 0) is 6.42 Å². The Morgan fingerprint density at radius 2 is 1.75 bits per heavy atom. The lowest BCUT2D eigenvalue weighted by atomic mass is 10.1. The summed E-state index contributed by atoms with van der Waals surface area (Å²) < 4.78 is 18.2. The molecule has 2 unspecified atom stereocenters. The quantitative estimate of drug-likeness (QED) is 0.640. The standard InChI is InChI=1S/C23H19NO3S/c1-2-4-19-18(3-1)25-13-21(26-19)14-5-7-17-20(12-14)27-23(24-17)16-6-8-22-15(11-16)9-10-28-22/h1-8,11-12,21,23-24H,9-10,13H2. The average molecular weight is 389 g/mol. The van der Waals surface area contributed by atoms with Crippen LogP contribution in [0.2, 0.25) is 0 Å². The van der Waals surface area contributed by atoms with Gasteiger partial charge in [-0.1, -0.05) is 24.3 Å². The number of nitrogens with one attached hydrogen (secondary N) is 1. The van der Waals surface area contributed by atoms with Gasteiger partial charge in [-0.3, -0.25) is 0 Å². The predicted octanol–water partition coefficient (Wildman–Crippen LogP) is 5.35. The lowest BCUT2D eigenvalue weighted by Crippen LogP contribution is -2.21. The van der Waals surface area contributed by atoms with E-state index in [0.717, 1.165) is 34.9 Å². The highest BCUT2D eigenvalue weighted by molar-refractivity contribution is 7.99. The number of para-hydroxylation sites is 2. The highest BCUT2D eigenvalue weighted by Crippen LogP contribution is 2.43. The summed E-state index contributed by atoms with van der Waals surface area (Å²) in [6, 6.07) is 20.6. The predicted molar refractivity (Wildman–Crippen MR) is 110 cm³/mol. The Morgan fingerprint density at radius 1 is 0.857 bits per heavy atom. The van der Waals surface area contributed by atoms with E-state index in [4.69, 9.17) is 14.2 Å². The van der Waals surface area contributed by atoms with E-state index in [9.17, 15) is 0 Å². The number of thioether (sulfide) groups is 1. The highest BCUT2D eigenvalue weighted by Gasteiger charge is 2.28. The molecule has 1 N–H and O–H groups in total. The number of hydrogen-bond donors (Lipinski definition) is 1. The third-order valence-corrected chi connectivity index (χ3v) is 6.55.